The summed E-state index contributed by atoms with van der Waals surface area (Å²) in [6.45, 7) is 5.66. The molecular formula is C23H22BN3O3S2. The molecule has 9 heteroatoms. The second-order valence-electron chi connectivity index (χ2n) is 7.49. The van der Waals surface area contributed by atoms with Crippen molar-refractivity contribution < 1.29 is 13.2 Å². The molecule has 3 aromatic carbocycles. The number of carbonyl (C=O) groups is 1. The highest BCUT2D eigenvalue weighted by Gasteiger charge is 2.15. The van der Waals surface area contributed by atoms with Crippen molar-refractivity contribution >= 4 is 57.9 Å². The fourth-order valence-electron chi connectivity index (χ4n) is 3.08. The van der Waals surface area contributed by atoms with E-state index >= 15 is 0 Å². The molecule has 3 aromatic rings. The number of benzene rings is 3. The van der Waals surface area contributed by atoms with Gasteiger partial charge < -0.3 is 5.32 Å². The van der Waals surface area contributed by atoms with Crippen LogP contribution in [0.4, 0.5) is 11.4 Å². The van der Waals surface area contributed by atoms with Crippen LogP contribution >= 0.6 is 12.2 Å². The molecule has 0 unspecified atom stereocenters. The van der Waals surface area contributed by atoms with E-state index in [1.54, 1.807) is 42.5 Å². The van der Waals surface area contributed by atoms with Gasteiger partial charge in [-0.3, -0.25) is 14.8 Å². The SMILES string of the molecule is [B]c1cc(C(=O)NC(=S)Nc2ccc(S(=O)(=O)Nc3cc(C)cc(C)c3)cc2)ccc1C. The number of hydrogen-bond acceptors (Lipinski definition) is 4. The molecule has 0 aliphatic rings. The summed E-state index contributed by atoms with van der Waals surface area (Å²) in [7, 11) is 2.10. The normalized spacial score (nSPS) is 11.0. The lowest BCUT2D eigenvalue weighted by molar-refractivity contribution is 0.0978. The van der Waals surface area contributed by atoms with Crippen molar-refractivity contribution in [2.24, 2.45) is 0 Å². The fourth-order valence-corrected chi connectivity index (χ4v) is 4.34. The van der Waals surface area contributed by atoms with Crippen LogP contribution in [0, 0.1) is 20.8 Å². The monoisotopic (exact) mass is 463 g/mol. The van der Waals surface area contributed by atoms with Crippen molar-refractivity contribution in [2.75, 3.05) is 10.0 Å². The zero-order valence-electron chi connectivity index (χ0n) is 17.9. The number of aryl methyl sites for hydroxylation is 3. The molecule has 0 spiro atoms. The van der Waals surface area contributed by atoms with Crippen LogP contribution in [-0.2, 0) is 10.0 Å². The molecule has 2 radical (unpaired) electrons. The Morgan fingerprint density at radius 3 is 2.09 bits per heavy atom. The van der Waals surface area contributed by atoms with E-state index in [-0.39, 0.29) is 10.0 Å². The van der Waals surface area contributed by atoms with Gasteiger partial charge in [0.25, 0.3) is 15.9 Å². The molecule has 0 fully saturated rings. The van der Waals surface area contributed by atoms with E-state index in [0.29, 0.717) is 22.4 Å². The molecule has 0 heterocycles. The molecule has 0 bridgehead atoms. The predicted molar refractivity (Wildman–Crippen MR) is 133 cm³/mol. The fraction of sp³-hybridized carbons (Fsp3) is 0.130. The highest BCUT2D eigenvalue weighted by atomic mass is 32.2. The highest BCUT2D eigenvalue weighted by molar-refractivity contribution is 7.92. The summed E-state index contributed by atoms with van der Waals surface area (Å²) in [5.41, 5.74) is 4.75. The van der Waals surface area contributed by atoms with Gasteiger partial charge in [-0.25, -0.2) is 8.42 Å². The summed E-state index contributed by atoms with van der Waals surface area (Å²) in [5.74, 6) is -0.397. The Labute approximate surface area is 194 Å². The smallest absolute Gasteiger partial charge is 0.261 e. The van der Waals surface area contributed by atoms with Crippen molar-refractivity contribution in [1.82, 2.24) is 5.32 Å². The van der Waals surface area contributed by atoms with E-state index in [1.807, 2.05) is 26.8 Å². The molecule has 32 heavy (non-hydrogen) atoms. The second kappa shape index (κ2) is 9.54. The molecular weight excluding hydrogens is 441 g/mol. The highest BCUT2D eigenvalue weighted by Crippen LogP contribution is 2.20. The van der Waals surface area contributed by atoms with E-state index < -0.39 is 15.9 Å². The summed E-state index contributed by atoms with van der Waals surface area (Å²) in [6.07, 6.45) is 0. The van der Waals surface area contributed by atoms with Crippen LogP contribution in [0.5, 0.6) is 0 Å². The number of thiocarbonyl (C=S) groups is 1. The average Bonchev–Trinajstić information content (AvgIpc) is 2.69. The van der Waals surface area contributed by atoms with Gasteiger partial charge in [-0.15, -0.1) is 0 Å². The van der Waals surface area contributed by atoms with Crippen LogP contribution < -0.4 is 20.8 Å². The van der Waals surface area contributed by atoms with Gasteiger partial charge in [-0.1, -0.05) is 29.2 Å². The summed E-state index contributed by atoms with van der Waals surface area (Å²) in [4.78, 5) is 12.4. The lowest BCUT2D eigenvalue weighted by Crippen LogP contribution is -2.34. The first kappa shape index (κ1) is 23.5. The number of amides is 1. The molecule has 0 aromatic heterocycles. The maximum atomic E-state index is 12.7. The maximum absolute atomic E-state index is 12.7. The lowest BCUT2D eigenvalue weighted by Gasteiger charge is -2.12. The van der Waals surface area contributed by atoms with Gasteiger partial charge in [0.1, 0.15) is 7.85 Å². The largest absolute Gasteiger partial charge is 0.332 e. The zero-order valence-corrected chi connectivity index (χ0v) is 19.5. The molecule has 3 rings (SSSR count). The topological polar surface area (TPSA) is 87.3 Å². The van der Waals surface area contributed by atoms with Gasteiger partial charge in [0, 0.05) is 16.9 Å². The molecule has 0 saturated heterocycles. The zero-order chi connectivity index (χ0) is 23.5. The Hall–Kier alpha value is -3.17. The first-order chi connectivity index (χ1) is 15.0. The summed E-state index contributed by atoms with van der Waals surface area (Å²) >= 11 is 5.18. The van der Waals surface area contributed by atoms with Gasteiger partial charge in [-0.05, 0) is 86.6 Å². The molecule has 0 aliphatic carbocycles. The lowest BCUT2D eigenvalue weighted by atomic mass is 9.89. The standard InChI is InChI=1S/C23H22BN3O3S2/c1-14-10-15(2)12-19(11-14)27-32(29,30)20-8-6-18(7-9-20)25-23(31)26-22(28)17-5-4-16(3)21(24)13-17/h4-13,27H,1-3H3,(H2,25,26,28,31). The van der Waals surface area contributed by atoms with E-state index in [0.717, 1.165) is 16.7 Å². The van der Waals surface area contributed by atoms with Crippen LogP contribution in [0.2, 0.25) is 0 Å². The first-order valence-electron chi connectivity index (χ1n) is 9.73. The second-order valence-corrected chi connectivity index (χ2v) is 9.58. The Morgan fingerprint density at radius 1 is 0.875 bits per heavy atom. The molecule has 1 amide bonds. The number of anilines is 2. The minimum absolute atomic E-state index is 0.0816. The number of sulfonamides is 1. The van der Waals surface area contributed by atoms with Crippen molar-refractivity contribution in [1.29, 1.82) is 0 Å². The third-order valence-corrected chi connectivity index (χ3v) is 6.27. The summed E-state index contributed by atoms with van der Waals surface area (Å²) in [6, 6.07) is 16.5. The minimum Gasteiger partial charge on any atom is -0.332 e. The molecule has 0 atom stereocenters. The number of nitrogens with one attached hydrogen (secondary N) is 3. The minimum atomic E-state index is -3.75. The van der Waals surface area contributed by atoms with Crippen LogP contribution in [0.15, 0.2) is 65.6 Å². The van der Waals surface area contributed by atoms with E-state index in [2.05, 4.69) is 15.4 Å². The number of carbonyl (C=O) groups excluding carboxylic acids is 1. The maximum Gasteiger partial charge on any atom is 0.261 e. The van der Waals surface area contributed by atoms with Gasteiger partial charge in [-0.2, -0.15) is 0 Å². The summed E-state index contributed by atoms with van der Waals surface area (Å²) < 4.78 is 28.0. The van der Waals surface area contributed by atoms with Gasteiger partial charge >= 0.3 is 0 Å². The van der Waals surface area contributed by atoms with Gasteiger partial charge in [0.2, 0.25) is 0 Å². The van der Waals surface area contributed by atoms with Crippen LogP contribution in [0.3, 0.4) is 0 Å². The van der Waals surface area contributed by atoms with Gasteiger partial charge in [0.15, 0.2) is 5.11 Å². The predicted octanol–water partition coefficient (Wildman–Crippen LogP) is 3.33. The Kier molecular flexibility index (Phi) is 7.01. The number of hydrogen-bond donors (Lipinski definition) is 3. The van der Waals surface area contributed by atoms with Crippen molar-refractivity contribution in [3.63, 3.8) is 0 Å². The third-order valence-electron chi connectivity index (χ3n) is 4.66. The first-order valence-corrected chi connectivity index (χ1v) is 11.6. The Balaban J connectivity index is 1.65. The Bertz CT molecular complexity index is 1270. The molecule has 0 saturated carbocycles. The van der Waals surface area contributed by atoms with Crippen molar-refractivity contribution in [3.05, 3.63) is 82.9 Å². The molecule has 3 N–H and O–H groups in total. The van der Waals surface area contributed by atoms with E-state index in [4.69, 9.17) is 20.1 Å². The van der Waals surface area contributed by atoms with Crippen molar-refractivity contribution in [3.8, 4) is 0 Å². The number of rotatable bonds is 5. The van der Waals surface area contributed by atoms with E-state index in [9.17, 15) is 13.2 Å². The quantitative estimate of drug-likeness (QED) is 0.399. The van der Waals surface area contributed by atoms with Crippen LogP contribution in [0.1, 0.15) is 27.0 Å². The van der Waals surface area contributed by atoms with Crippen LogP contribution in [-0.4, -0.2) is 27.3 Å². The van der Waals surface area contributed by atoms with E-state index in [1.165, 1.54) is 12.1 Å². The van der Waals surface area contributed by atoms with Crippen molar-refractivity contribution in [2.45, 2.75) is 25.7 Å². The molecule has 162 valence electrons. The van der Waals surface area contributed by atoms with Crippen LogP contribution in [0.25, 0.3) is 0 Å². The van der Waals surface area contributed by atoms with Gasteiger partial charge in [0.05, 0.1) is 4.90 Å². The molecule has 0 aliphatic heterocycles. The average molecular weight is 463 g/mol. The summed E-state index contributed by atoms with van der Waals surface area (Å²) in [5, 5.41) is 5.52. The third kappa shape index (κ3) is 5.96. The molecule has 6 nitrogen and oxygen atoms in total. The Morgan fingerprint density at radius 2 is 1.50 bits per heavy atom.